The van der Waals surface area contributed by atoms with Gasteiger partial charge >= 0.3 is 5.76 Å². The van der Waals surface area contributed by atoms with E-state index in [1.54, 1.807) is 13.8 Å². The number of rotatable bonds is 7. The van der Waals surface area contributed by atoms with Crippen LogP contribution < -0.4 is 15.8 Å². The van der Waals surface area contributed by atoms with Gasteiger partial charge in [0.1, 0.15) is 6.04 Å². The molecule has 3 rings (SSSR count). The predicted molar refractivity (Wildman–Crippen MR) is 113 cm³/mol. The number of aromatic nitrogens is 1. The van der Waals surface area contributed by atoms with Crippen molar-refractivity contribution in [3.05, 3.63) is 64.6 Å². The smallest absolute Gasteiger partial charge is 0.408 e. The third-order valence-electron chi connectivity index (χ3n) is 4.96. The summed E-state index contributed by atoms with van der Waals surface area (Å²) in [5, 5.41) is 2.86. The number of nitrogens with one attached hydrogen (secondary N) is 2. The molecule has 2 atom stereocenters. The Balaban J connectivity index is 1.83. The topological polar surface area (TPSA) is 110 Å². The minimum atomic E-state index is -4.03. The second-order valence-corrected chi connectivity index (χ2v) is 9.25. The summed E-state index contributed by atoms with van der Waals surface area (Å²) in [7, 11) is -2.49. The number of aryl methyl sites for hydroxylation is 1. The second kappa shape index (κ2) is 8.45. The molecule has 1 amide bonds. The molecule has 8 nitrogen and oxygen atoms in total. The van der Waals surface area contributed by atoms with Crippen molar-refractivity contribution in [2.75, 3.05) is 0 Å². The van der Waals surface area contributed by atoms with Crippen molar-refractivity contribution >= 4 is 27.0 Å². The summed E-state index contributed by atoms with van der Waals surface area (Å²) in [6.45, 7) is 5.36. The summed E-state index contributed by atoms with van der Waals surface area (Å²) < 4.78 is 34.7. The van der Waals surface area contributed by atoms with E-state index in [1.165, 1.54) is 29.8 Å². The van der Waals surface area contributed by atoms with E-state index in [9.17, 15) is 18.0 Å². The number of nitrogens with zero attached hydrogens (tertiary/aromatic N) is 1. The molecule has 0 saturated carbocycles. The monoisotopic (exact) mass is 431 g/mol. The van der Waals surface area contributed by atoms with E-state index in [2.05, 4.69) is 10.0 Å². The van der Waals surface area contributed by atoms with Crippen LogP contribution in [0.1, 0.15) is 32.4 Å². The van der Waals surface area contributed by atoms with Gasteiger partial charge in [-0.25, -0.2) is 13.2 Å². The zero-order valence-corrected chi connectivity index (χ0v) is 18.1. The van der Waals surface area contributed by atoms with Crippen LogP contribution in [0.3, 0.4) is 0 Å². The number of benzene rings is 2. The van der Waals surface area contributed by atoms with E-state index in [4.69, 9.17) is 4.42 Å². The fourth-order valence-corrected chi connectivity index (χ4v) is 4.50. The summed E-state index contributed by atoms with van der Waals surface area (Å²) in [6.07, 6.45) is 0. The molecule has 3 aromatic rings. The van der Waals surface area contributed by atoms with E-state index in [0.717, 1.165) is 5.56 Å². The van der Waals surface area contributed by atoms with Crippen molar-refractivity contribution < 1.29 is 17.6 Å². The molecular formula is C21H25N3O5S. The van der Waals surface area contributed by atoms with Crippen molar-refractivity contribution in [2.45, 2.75) is 37.8 Å². The lowest BCUT2D eigenvalue weighted by Crippen LogP contribution is -2.50. The number of carbonyl (C=O) groups excluding carboxylic acids is 1. The molecule has 0 radical (unpaired) electrons. The van der Waals surface area contributed by atoms with E-state index in [0.29, 0.717) is 5.52 Å². The van der Waals surface area contributed by atoms with Crippen LogP contribution in [0.15, 0.2) is 62.6 Å². The molecule has 0 fully saturated rings. The van der Waals surface area contributed by atoms with E-state index in [-0.39, 0.29) is 22.4 Å². The van der Waals surface area contributed by atoms with E-state index < -0.39 is 27.7 Å². The SMILES string of the molecule is CC(C)[C@@H](NS(=O)(=O)c1ccc2c(c1)oc(=O)n2C)C(=O)N[C@H](C)c1ccccc1. The largest absolute Gasteiger partial charge is 0.419 e. The highest BCUT2D eigenvalue weighted by atomic mass is 32.2. The summed E-state index contributed by atoms with van der Waals surface area (Å²) in [6, 6.07) is 12.3. The Morgan fingerprint density at radius 2 is 1.73 bits per heavy atom. The second-order valence-electron chi connectivity index (χ2n) is 7.54. The fourth-order valence-electron chi connectivity index (χ4n) is 3.14. The van der Waals surface area contributed by atoms with Gasteiger partial charge in [-0.3, -0.25) is 9.36 Å². The van der Waals surface area contributed by atoms with Gasteiger partial charge in [0.2, 0.25) is 15.9 Å². The van der Waals surface area contributed by atoms with Gasteiger partial charge in [-0.1, -0.05) is 44.2 Å². The van der Waals surface area contributed by atoms with Gasteiger partial charge in [-0.05, 0) is 30.5 Å². The highest BCUT2D eigenvalue weighted by Crippen LogP contribution is 2.19. The van der Waals surface area contributed by atoms with Crippen LogP contribution in [0.5, 0.6) is 0 Å². The lowest BCUT2D eigenvalue weighted by Gasteiger charge is -2.24. The molecule has 0 aliphatic carbocycles. The number of oxazole rings is 1. The molecule has 30 heavy (non-hydrogen) atoms. The summed E-state index contributed by atoms with van der Waals surface area (Å²) in [5.41, 5.74) is 1.56. The van der Waals surface area contributed by atoms with Gasteiger partial charge in [-0.15, -0.1) is 0 Å². The summed E-state index contributed by atoms with van der Waals surface area (Å²) in [4.78, 5) is 24.4. The van der Waals surface area contributed by atoms with Gasteiger partial charge < -0.3 is 9.73 Å². The Kier molecular flexibility index (Phi) is 6.14. The quantitative estimate of drug-likeness (QED) is 0.596. The molecule has 2 N–H and O–H groups in total. The van der Waals surface area contributed by atoms with Crippen LogP contribution in [0.25, 0.3) is 11.1 Å². The first-order valence-corrected chi connectivity index (χ1v) is 11.1. The highest BCUT2D eigenvalue weighted by Gasteiger charge is 2.29. The van der Waals surface area contributed by atoms with Crippen LogP contribution in [0, 0.1) is 5.92 Å². The highest BCUT2D eigenvalue weighted by molar-refractivity contribution is 7.89. The van der Waals surface area contributed by atoms with E-state index in [1.807, 2.05) is 37.3 Å². The van der Waals surface area contributed by atoms with Crippen molar-refractivity contribution in [1.82, 2.24) is 14.6 Å². The number of hydrogen-bond donors (Lipinski definition) is 2. The Morgan fingerprint density at radius 1 is 1.07 bits per heavy atom. The van der Waals surface area contributed by atoms with Crippen LogP contribution in [0.2, 0.25) is 0 Å². The van der Waals surface area contributed by atoms with Gasteiger partial charge in [0.25, 0.3) is 0 Å². The normalized spacial score (nSPS) is 14.0. The van der Waals surface area contributed by atoms with Gasteiger partial charge in [-0.2, -0.15) is 4.72 Å². The predicted octanol–water partition coefficient (Wildman–Crippen LogP) is 2.31. The van der Waals surface area contributed by atoms with Gasteiger partial charge in [0, 0.05) is 13.1 Å². The summed E-state index contributed by atoms with van der Waals surface area (Å²) in [5.74, 6) is -1.29. The lowest BCUT2D eigenvalue weighted by molar-refractivity contribution is -0.124. The number of fused-ring (bicyclic) bond motifs is 1. The summed E-state index contributed by atoms with van der Waals surface area (Å²) >= 11 is 0. The van der Waals surface area contributed by atoms with Crippen LogP contribution in [-0.2, 0) is 21.9 Å². The number of hydrogen-bond acceptors (Lipinski definition) is 5. The van der Waals surface area contributed by atoms with Gasteiger partial charge in [0.05, 0.1) is 16.5 Å². The molecule has 9 heteroatoms. The van der Waals surface area contributed by atoms with Crippen LogP contribution in [0.4, 0.5) is 0 Å². The average molecular weight is 432 g/mol. The van der Waals surface area contributed by atoms with Crippen molar-refractivity contribution in [2.24, 2.45) is 13.0 Å². The van der Waals surface area contributed by atoms with E-state index >= 15 is 0 Å². The zero-order chi connectivity index (χ0) is 22.1. The first-order valence-electron chi connectivity index (χ1n) is 9.57. The maximum absolute atomic E-state index is 12.9. The molecule has 2 aromatic carbocycles. The van der Waals surface area contributed by atoms with Crippen LogP contribution >= 0.6 is 0 Å². The first kappa shape index (κ1) is 21.8. The molecular weight excluding hydrogens is 406 g/mol. The first-order chi connectivity index (χ1) is 14.1. The molecule has 0 aliphatic heterocycles. The van der Waals surface area contributed by atoms with Crippen molar-refractivity contribution in [1.29, 1.82) is 0 Å². The van der Waals surface area contributed by atoms with Crippen LogP contribution in [-0.4, -0.2) is 24.9 Å². The van der Waals surface area contributed by atoms with Crippen molar-refractivity contribution in [3.63, 3.8) is 0 Å². The Morgan fingerprint density at radius 3 is 2.37 bits per heavy atom. The minimum Gasteiger partial charge on any atom is -0.408 e. The number of amides is 1. The standard InChI is InChI=1S/C21H25N3O5S/c1-13(2)19(20(25)22-14(3)15-8-6-5-7-9-15)23-30(27,28)16-10-11-17-18(12-16)29-21(26)24(17)4/h5-14,19,23H,1-4H3,(H,22,25)/t14-,19-/m1/s1. The third kappa shape index (κ3) is 4.47. The Bertz CT molecular complexity index is 1210. The number of sulfonamides is 1. The molecule has 160 valence electrons. The molecule has 0 unspecified atom stereocenters. The zero-order valence-electron chi connectivity index (χ0n) is 17.2. The molecule has 0 spiro atoms. The molecule has 1 heterocycles. The average Bonchev–Trinajstić information content (AvgIpc) is 2.99. The molecule has 0 aliphatic rings. The molecule has 0 saturated heterocycles. The maximum Gasteiger partial charge on any atom is 0.419 e. The minimum absolute atomic E-state index is 0.0843. The Hall–Kier alpha value is -2.91. The molecule has 1 aromatic heterocycles. The van der Waals surface area contributed by atoms with Gasteiger partial charge in [0.15, 0.2) is 5.58 Å². The maximum atomic E-state index is 12.9. The lowest BCUT2D eigenvalue weighted by atomic mass is 10.0. The Labute approximate surface area is 174 Å². The number of carbonyl (C=O) groups is 1. The molecule has 0 bridgehead atoms. The fraction of sp³-hybridized carbons (Fsp3) is 0.333. The van der Waals surface area contributed by atoms with Crippen molar-refractivity contribution in [3.8, 4) is 0 Å². The third-order valence-corrected chi connectivity index (χ3v) is 6.40.